The molecular weight excluding hydrogens is 345 g/mol. The van der Waals surface area contributed by atoms with E-state index in [2.05, 4.69) is 15.0 Å². The number of pyridine rings is 1. The highest BCUT2D eigenvalue weighted by molar-refractivity contribution is 6.00. The Bertz CT molecular complexity index is 802. The van der Waals surface area contributed by atoms with Gasteiger partial charge >= 0.3 is 6.18 Å². The topological polar surface area (TPSA) is 51.2 Å². The lowest BCUT2D eigenvalue weighted by Gasteiger charge is -2.14. The van der Waals surface area contributed by atoms with Crippen LogP contribution < -0.4 is 10.1 Å². The van der Waals surface area contributed by atoms with Crippen molar-refractivity contribution in [2.24, 2.45) is 0 Å². The van der Waals surface area contributed by atoms with Gasteiger partial charge in [0.05, 0.1) is 6.04 Å². The van der Waals surface area contributed by atoms with Crippen molar-refractivity contribution in [1.29, 1.82) is 0 Å². The third-order valence-electron chi connectivity index (χ3n) is 3.98. The van der Waals surface area contributed by atoms with Crippen LogP contribution in [-0.2, 0) is 4.79 Å². The Labute approximate surface area is 148 Å². The lowest BCUT2D eigenvalue weighted by Crippen LogP contribution is -2.26. The van der Waals surface area contributed by atoms with E-state index in [4.69, 9.17) is 0 Å². The van der Waals surface area contributed by atoms with Crippen molar-refractivity contribution in [1.82, 2.24) is 10.3 Å². The summed E-state index contributed by atoms with van der Waals surface area (Å²) >= 11 is 0. The summed E-state index contributed by atoms with van der Waals surface area (Å²) in [7, 11) is 0. The smallest absolute Gasteiger partial charge is 0.422 e. The fourth-order valence-corrected chi connectivity index (χ4v) is 2.54. The average Bonchev–Trinajstić information content (AvgIpc) is 3.41. The van der Waals surface area contributed by atoms with Gasteiger partial charge in [-0.1, -0.05) is 42.5 Å². The van der Waals surface area contributed by atoms with Crippen LogP contribution in [0.1, 0.15) is 30.0 Å². The van der Waals surface area contributed by atoms with E-state index in [1.54, 1.807) is 13.0 Å². The van der Waals surface area contributed by atoms with E-state index in [1.807, 2.05) is 36.4 Å². The third-order valence-corrected chi connectivity index (χ3v) is 3.98. The minimum Gasteiger partial charge on any atom is -0.468 e. The molecule has 26 heavy (non-hydrogen) atoms. The number of halogens is 3. The highest BCUT2D eigenvalue weighted by Crippen LogP contribution is 2.39. The second kappa shape index (κ2) is 7.19. The number of nitrogens with one attached hydrogen (secondary N) is 1. The standard InChI is InChI=1S/C19H17F3N2O2/c1-12(14-7-8-17(23-10-14)26-11-19(20,21)22)24-18(25)16-9-15(16)13-5-3-2-4-6-13/h2-10,12,15H,11H2,1H3,(H,24,25)/t12-,15+/m1/s1. The van der Waals surface area contributed by atoms with Crippen LogP contribution in [0.2, 0.25) is 0 Å². The molecule has 0 aliphatic heterocycles. The summed E-state index contributed by atoms with van der Waals surface area (Å²) in [6.45, 7) is 0.395. The summed E-state index contributed by atoms with van der Waals surface area (Å²) in [4.78, 5) is 16.1. The quantitative estimate of drug-likeness (QED) is 0.847. The number of alkyl halides is 3. The maximum absolute atomic E-state index is 12.3. The number of carbonyl (C=O) groups is 1. The van der Waals surface area contributed by atoms with Crippen molar-refractivity contribution in [2.75, 3.05) is 6.61 Å². The first-order valence-corrected chi connectivity index (χ1v) is 8.06. The van der Waals surface area contributed by atoms with Crippen molar-refractivity contribution in [3.05, 3.63) is 71.4 Å². The summed E-state index contributed by atoms with van der Waals surface area (Å²) in [5.74, 6) is -0.234. The van der Waals surface area contributed by atoms with Gasteiger partial charge in [-0.15, -0.1) is 0 Å². The Kier molecular flexibility index (Phi) is 4.97. The van der Waals surface area contributed by atoms with Crippen LogP contribution in [0.25, 0.3) is 0 Å². The molecule has 0 saturated carbocycles. The number of aromatic nitrogens is 1. The SMILES string of the molecule is C[C@@H](NC(=O)C1=C[C@H]1c1ccccc1)c1ccc(OCC(F)(F)F)nc1. The van der Waals surface area contributed by atoms with E-state index in [0.717, 1.165) is 5.56 Å². The maximum atomic E-state index is 12.3. The monoisotopic (exact) mass is 362 g/mol. The van der Waals surface area contributed by atoms with Crippen LogP contribution in [-0.4, -0.2) is 23.7 Å². The van der Waals surface area contributed by atoms with Crippen molar-refractivity contribution in [3.8, 4) is 5.88 Å². The molecule has 7 heteroatoms. The molecule has 0 bridgehead atoms. The molecule has 1 amide bonds. The largest absolute Gasteiger partial charge is 0.468 e. The predicted molar refractivity (Wildman–Crippen MR) is 89.6 cm³/mol. The molecule has 2 atom stereocenters. The van der Waals surface area contributed by atoms with E-state index in [9.17, 15) is 18.0 Å². The second-order valence-electron chi connectivity index (χ2n) is 6.04. The first-order valence-electron chi connectivity index (χ1n) is 8.06. The van der Waals surface area contributed by atoms with Gasteiger partial charge in [-0.2, -0.15) is 13.2 Å². The Morgan fingerprint density at radius 1 is 1.23 bits per heavy atom. The fraction of sp³-hybridized carbons (Fsp3) is 0.263. The average molecular weight is 362 g/mol. The molecule has 1 aromatic heterocycles. The van der Waals surface area contributed by atoms with Gasteiger partial charge in [0.15, 0.2) is 6.61 Å². The van der Waals surface area contributed by atoms with E-state index in [1.165, 1.54) is 12.3 Å². The van der Waals surface area contributed by atoms with Gasteiger partial charge in [0.2, 0.25) is 11.8 Å². The molecule has 3 rings (SSSR count). The first-order chi connectivity index (χ1) is 12.3. The van der Waals surface area contributed by atoms with Crippen molar-refractivity contribution >= 4 is 5.91 Å². The zero-order chi connectivity index (χ0) is 18.7. The minimum absolute atomic E-state index is 0.0414. The summed E-state index contributed by atoms with van der Waals surface area (Å²) in [6, 6.07) is 12.3. The molecular formula is C19H17F3N2O2. The Morgan fingerprint density at radius 3 is 2.58 bits per heavy atom. The lowest BCUT2D eigenvalue weighted by molar-refractivity contribution is -0.154. The number of hydrogen-bond acceptors (Lipinski definition) is 3. The van der Waals surface area contributed by atoms with Crippen molar-refractivity contribution < 1.29 is 22.7 Å². The maximum Gasteiger partial charge on any atom is 0.422 e. The van der Waals surface area contributed by atoms with Crippen LogP contribution in [0.4, 0.5) is 13.2 Å². The minimum atomic E-state index is -4.41. The third kappa shape index (κ3) is 4.62. The van der Waals surface area contributed by atoms with Crippen LogP contribution >= 0.6 is 0 Å². The summed E-state index contributed by atoms with van der Waals surface area (Å²) in [5.41, 5.74) is 2.45. The van der Waals surface area contributed by atoms with Crippen molar-refractivity contribution in [3.63, 3.8) is 0 Å². The van der Waals surface area contributed by atoms with Crippen LogP contribution in [0.3, 0.4) is 0 Å². The van der Waals surface area contributed by atoms with Crippen LogP contribution in [0.5, 0.6) is 5.88 Å². The second-order valence-corrected chi connectivity index (χ2v) is 6.04. The summed E-state index contributed by atoms with van der Waals surface area (Å²) < 4.78 is 40.9. The molecule has 4 nitrogen and oxygen atoms in total. The van der Waals surface area contributed by atoms with Crippen molar-refractivity contribution in [2.45, 2.75) is 25.1 Å². The zero-order valence-electron chi connectivity index (χ0n) is 14.0. The van der Waals surface area contributed by atoms with Gasteiger partial charge in [0.1, 0.15) is 0 Å². The molecule has 0 spiro atoms. The van der Waals surface area contributed by atoms with Gasteiger partial charge in [0.25, 0.3) is 0 Å². The van der Waals surface area contributed by atoms with E-state index in [0.29, 0.717) is 11.1 Å². The molecule has 0 unspecified atom stereocenters. The number of rotatable bonds is 6. The van der Waals surface area contributed by atoms with Gasteiger partial charge in [-0.05, 0) is 18.1 Å². The number of benzene rings is 1. The van der Waals surface area contributed by atoms with Gasteiger partial charge in [-0.3, -0.25) is 4.79 Å². The fourth-order valence-electron chi connectivity index (χ4n) is 2.54. The number of ether oxygens (including phenoxy) is 1. The number of carbonyl (C=O) groups excluding carboxylic acids is 1. The molecule has 0 fully saturated rings. The van der Waals surface area contributed by atoms with Gasteiger partial charge in [0, 0.05) is 23.8 Å². The highest BCUT2D eigenvalue weighted by Gasteiger charge is 2.32. The molecule has 136 valence electrons. The number of hydrogen-bond donors (Lipinski definition) is 1. The number of nitrogens with zero attached hydrogens (tertiary/aromatic N) is 1. The molecule has 0 saturated heterocycles. The highest BCUT2D eigenvalue weighted by atomic mass is 19.4. The van der Waals surface area contributed by atoms with Crippen LogP contribution in [0.15, 0.2) is 60.3 Å². The van der Waals surface area contributed by atoms with Gasteiger partial charge < -0.3 is 10.1 Å². The number of amides is 1. The van der Waals surface area contributed by atoms with E-state index in [-0.39, 0.29) is 23.7 Å². The summed E-state index contributed by atoms with van der Waals surface area (Å²) in [6.07, 6.45) is -1.12. The van der Waals surface area contributed by atoms with E-state index < -0.39 is 12.8 Å². The van der Waals surface area contributed by atoms with E-state index >= 15 is 0 Å². The molecule has 1 aliphatic carbocycles. The van der Waals surface area contributed by atoms with Crippen LogP contribution in [0, 0.1) is 0 Å². The Balaban J connectivity index is 1.53. The molecule has 1 aliphatic rings. The molecule has 1 N–H and O–H groups in total. The van der Waals surface area contributed by atoms with Gasteiger partial charge in [-0.25, -0.2) is 4.98 Å². The lowest BCUT2D eigenvalue weighted by atomic mass is 10.1. The first kappa shape index (κ1) is 18.0. The Morgan fingerprint density at radius 2 is 1.96 bits per heavy atom. The molecule has 1 heterocycles. The normalized spacial score (nSPS) is 17.2. The summed E-state index contributed by atoms with van der Waals surface area (Å²) in [5, 5.41) is 2.87. The molecule has 1 aromatic carbocycles. The Hall–Kier alpha value is -2.83. The number of allylic oxidation sites excluding steroid dienone is 1. The zero-order valence-corrected chi connectivity index (χ0v) is 14.0. The molecule has 2 aromatic rings. The molecule has 0 radical (unpaired) electrons. The predicted octanol–water partition coefficient (Wildman–Crippen LogP) is 3.92.